The van der Waals surface area contributed by atoms with E-state index in [0.717, 1.165) is 75.8 Å². The zero-order valence-corrected chi connectivity index (χ0v) is 22.8. The third-order valence-electron chi connectivity index (χ3n) is 8.95. The average molecular weight is 560 g/mol. The van der Waals surface area contributed by atoms with Gasteiger partial charge in [-0.15, -0.1) is 0 Å². The van der Waals surface area contributed by atoms with E-state index in [9.17, 15) is 9.59 Å². The monoisotopic (exact) mass is 559 g/mol. The van der Waals surface area contributed by atoms with E-state index in [2.05, 4.69) is 16.4 Å². The number of benzene rings is 2. The molecule has 2 amide bonds. The number of amides is 2. The van der Waals surface area contributed by atoms with Crippen molar-refractivity contribution >= 4 is 23.4 Å². The van der Waals surface area contributed by atoms with Crippen molar-refractivity contribution in [1.82, 2.24) is 15.2 Å². The number of aromatic nitrogens is 1. The van der Waals surface area contributed by atoms with Gasteiger partial charge in [0.2, 0.25) is 0 Å². The van der Waals surface area contributed by atoms with E-state index >= 15 is 0 Å². The summed E-state index contributed by atoms with van der Waals surface area (Å²) in [4.78, 5) is 32.5. The molecule has 40 heavy (non-hydrogen) atoms. The maximum Gasteiger partial charge on any atom is 0.253 e. The first-order valence-electron chi connectivity index (χ1n) is 14.0. The van der Waals surface area contributed by atoms with Gasteiger partial charge in [-0.05, 0) is 104 Å². The molecule has 7 heteroatoms. The molecule has 1 saturated carbocycles. The fourth-order valence-corrected chi connectivity index (χ4v) is 6.79. The molecule has 2 heterocycles. The molecule has 6 rings (SSSR count). The summed E-state index contributed by atoms with van der Waals surface area (Å²) < 4.78 is 6.17. The number of carbonyl (C=O) groups excluding carboxylic acids is 2. The zero-order valence-electron chi connectivity index (χ0n) is 22.1. The molecule has 1 unspecified atom stereocenters. The van der Waals surface area contributed by atoms with Crippen LogP contribution >= 0.6 is 11.6 Å². The van der Waals surface area contributed by atoms with Crippen LogP contribution in [0, 0.1) is 5.41 Å². The van der Waals surface area contributed by atoms with Gasteiger partial charge in [-0.2, -0.15) is 0 Å². The van der Waals surface area contributed by atoms with E-state index in [-0.39, 0.29) is 31.4 Å². The summed E-state index contributed by atoms with van der Waals surface area (Å²) >= 11 is 6.23. The van der Waals surface area contributed by atoms with Crippen molar-refractivity contribution in [1.29, 1.82) is 0 Å². The fraction of sp³-hybridized carbons (Fsp3) is 0.424. The number of hydrogen-bond acceptors (Lipinski definition) is 4. The summed E-state index contributed by atoms with van der Waals surface area (Å²) in [7, 11) is 0. The van der Waals surface area contributed by atoms with Gasteiger partial charge in [0.15, 0.2) is 0 Å². The summed E-state index contributed by atoms with van der Waals surface area (Å²) in [5.74, 6) is 0.800. The molecule has 1 N–H and O–H groups in total. The molecule has 0 bridgehead atoms. The third-order valence-corrected chi connectivity index (χ3v) is 9.28. The predicted molar refractivity (Wildman–Crippen MR) is 158 cm³/mol. The number of ether oxygens (including phenoxy) is 1. The molecule has 210 valence electrons. The van der Waals surface area contributed by atoms with Gasteiger partial charge < -0.3 is 15.0 Å². The molecule has 1 aliphatic heterocycles. The van der Waals surface area contributed by atoms with Gasteiger partial charge in [-0.25, -0.2) is 0 Å². The van der Waals surface area contributed by atoms with Crippen LogP contribution in [-0.2, 0) is 6.42 Å². The molecule has 1 atom stereocenters. The Bertz CT molecular complexity index is 1340. The van der Waals surface area contributed by atoms with Crippen LogP contribution in [0.2, 0.25) is 5.02 Å². The van der Waals surface area contributed by atoms with Crippen molar-refractivity contribution < 1.29 is 14.3 Å². The molecule has 6 nitrogen and oxygen atoms in total. The maximum atomic E-state index is 13.5. The van der Waals surface area contributed by atoms with Crippen molar-refractivity contribution in [3.8, 4) is 5.75 Å². The average Bonchev–Trinajstić information content (AvgIpc) is 3.37. The third kappa shape index (κ3) is 5.87. The summed E-state index contributed by atoms with van der Waals surface area (Å²) in [6.07, 6.45) is 12.0. The lowest BCUT2D eigenvalue weighted by Crippen LogP contribution is -2.45. The van der Waals surface area contributed by atoms with Crippen LogP contribution in [-0.4, -0.2) is 40.9 Å². The number of hydrogen-bond donors (Lipinski definition) is 1. The highest BCUT2D eigenvalue weighted by molar-refractivity contribution is 6.33. The number of nitrogens with one attached hydrogen (secondary N) is 1. The highest BCUT2D eigenvalue weighted by Gasteiger charge is 2.40. The van der Waals surface area contributed by atoms with Gasteiger partial charge >= 0.3 is 0 Å². The second kappa shape index (κ2) is 12.0. The summed E-state index contributed by atoms with van der Waals surface area (Å²) in [6.45, 7) is 1.58. The zero-order chi connectivity index (χ0) is 26.8. The van der Waals surface area contributed by atoms with E-state index in [4.69, 9.17) is 16.3 Å². The lowest BCUT2D eigenvalue weighted by Gasteiger charge is -2.45. The van der Waals surface area contributed by atoms with Crippen LogP contribution < -0.4 is 10.1 Å². The Morgan fingerprint density at radius 2 is 1.68 bits per heavy atom. The topological polar surface area (TPSA) is 71.5 Å². The molecule has 0 radical (unpaired) electrons. The SMILES string of the molecule is C.O=C(NC1CCc2ccc(C(=O)N3CCC4(CCC(Oc5ccncc5)CC4)CC3)cc21)c1ccccc1Cl. The van der Waals surface area contributed by atoms with E-state index in [0.29, 0.717) is 21.6 Å². The van der Waals surface area contributed by atoms with Crippen LogP contribution in [0.1, 0.15) is 90.3 Å². The first-order valence-corrected chi connectivity index (χ1v) is 14.4. The Balaban J connectivity index is 0.00000323. The van der Waals surface area contributed by atoms with Crippen molar-refractivity contribution in [2.75, 3.05) is 13.1 Å². The molecule has 1 saturated heterocycles. The molecule has 1 spiro atoms. The number of rotatable bonds is 5. The Hall–Kier alpha value is -3.38. The van der Waals surface area contributed by atoms with Crippen LogP contribution in [0.5, 0.6) is 5.75 Å². The standard InChI is InChI=1S/C32H34ClN3O3.CH4/c33-28-4-2-1-3-26(28)30(37)35-29-8-7-22-5-6-23(21-27(22)29)31(38)36-19-15-32(16-20-36)13-9-24(10-14-32)39-25-11-17-34-18-12-25;/h1-6,11-12,17-18,21,24,29H,7-10,13-16,19-20H2,(H,35,37);1H4. The van der Waals surface area contributed by atoms with Crippen molar-refractivity contribution in [3.05, 3.63) is 94.3 Å². The minimum Gasteiger partial charge on any atom is -0.490 e. The molecular formula is C33H38ClN3O3. The molecule has 1 aromatic heterocycles. The van der Waals surface area contributed by atoms with Crippen molar-refractivity contribution in [2.24, 2.45) is 5.41 Å². The number of nitrogens with zero attached hydrogens (tertiary/aromatic N) is 2. The Kier molecular flexibility index (Phi) is 8.46. The number of fused-ring (bicyclic) bond motifs is 1. The van der Waals surface area contributed by atoms with Crippen LogP contribution in [0.25, 0.3) is 0 Å². The molecule has 3 aliphatic rings. The predicted octanol–water partition coefficient (Wildman–Crippen LogP) is 7.03. The van der Waals surface area contributed by atoms with Crippen LogP contribution in [0.15, 0.2) is 67.0 Å². The van der Waals surface area contributed by atoms with Crippen molar-refractivity contribution in [3.63, 3.8) is 0 Å². The Morgan fingerprint density at radius 1 is 0.950 bits per heavy atom. The van der Waals surface area contributed by atoms with Gasteiger partial charge in [0, 0.05) is 31.0 Å². The summed E-state index contributed by atoms with van der Waals surface area (Å²) in [5.41, 5.74) is 3.74. The quantitative estimate of drug-likeness (QED) is 0.364. The number of likely N-dealkylation sites (tertiary alicyclic amines) is 1. The number of carbonyl (C=O) groups is 2. The second-order valence-electron chi connectivity index (χ2n) is 11.3. The summed E-state index contributed by atoms with van der Waals surface area (Å²) in [5, 5.41) is 3.57. The van der Waals surface area contributed by atoms with E-state index in [1.165, 1.54) is 5.56 Å². The lowest BCUT2D eigenvalue weighted by molar-refractivity contribution is 0.0239. The van der Waals surface area contributed by atoms with E-state index in [1.807, 2.05) is 41.3 Å². The van der Waals surface area contributed by atoms with E-state index in [1.54, 1.807) is 24.5 Å². The Morgan fingerprint density at radius 3 is 2.40 bits per heavy atom. The van der Waals surface area contributed by atoms with Gasteiger partial charge in [0.1, 0.15) is 5.75 Å². The Labute approximate surface area is 242 Å². The molecule has 3 aromatic rings. The highest BCUT2D eigenvalue weighted by atomic mass is 35.5. The first kappa shape index (κ1) is 28.2. The van der Waals surface area contributed by atoms with E-state index < -0.39 is 0 Å². The smallest absolute Gasteiger partial charge is 0.253 e. The highest BCUT2D eigenvalue weighted by Crippen LogP contribution is 2.45. The van der Waals surface area contributed by atoms with Crippen LogP contribution in [0.4, 0.5) is 0 Å². The van der Waals surface area contributed by atoms with Crippen molar-refractivity contribution in [2.45, 2.75) is 70.9 Å². The molecule has 2 aromatic carbocycles. The largest absolute Gasteiger partial charge is 0.490 e. The second-order valence-corrected chi connectivity index (χ2v) is 11.7. The minimum atomic E-state index is -0.183. The normalized spacial score (nSPS) is 19.9. The lowest BCUT2D eigenvalue weighted by atomic mass is 9.67. The number of halogens is 1. The first-order chi connectivity index (χ1) is 19.0. The minimum absolute atomic E-state index is 0. The van der Waals surface area contributed by atoms with Gasteiger partial charge in [-0.3, -0.25) is 14.6 Å². The number of piperidine rings is 1. The molecule has 2 fully saturated rings. The number of aryl methyl sites for hydroxylation is 1. The van der Waals surface area contributed by atoms with Gasteiger partial charge in [0.25, 0.3) is 11.8 Å². The molecule has 2 aliphatic carbocycles. The maximum absolute atomic E-state index is 13.5. The van der Waals surface area contributed by atoms with Gasteiger partial charge in [0.05, 0.1) is 22.7 Å². The summed E-state index contributed by atoms with van der Waals surface area (Å²) in [6, 6.07) is 16.8. The fourth-order valence-electron chi connectivity index (χ4n) is 6.56. The number of pyridine rings is 1. The van der Waals surface area contributed by atoms with Crippen LogP contribution in [0.3, 0.4) is 0 Å². The molecular weight excluding hydrogens is 522 g/mol. The van der Waals surface area contributed by atoms with Gasteiger partial charge in [-0.1, -0.05) is 37.2 Å².